The van der Waals surface area contributed by atoms with E-state index in [-0.39, 0.29) is 16.7 Å². The van der Waals surface area contributed by atoms with Gasteiger partial charge in [-0.1, -0.05) is 18.2 Å². The molecule has 4 rings (SSSR count). The molecular weight excluding hydrogens is 502 g/mol. The first kappa shape index (κ1) is 26.7. The highest BCUT2D eigenvalue weighted by Gasteiger charge is 2.21. The monoisotopic (exact) mass is 531 g/mol. The van der Waals surface area contributed by atoms with Gasteiger partial charge < -0.3 is 19.9 Å². The van der Waals surface area contributed by atoms with Crippen molar-refractivity contribution in [3.8, 4) is 11.4 Å². The van der Waals surface area contributed by atoms with Crippen molar-refractivity contribution in [2.75, 3.05) is 23.5 Å². The summed E-state index contributed by atoms with van der Waals surface area (Å²) in [6, 6.07) is 22.1. The molecule has 2 N–H and O–H groups in total. The van der Waals surface area contributed by atoms with E-state index in [1.807, 2.05) is 49.6 Å². The van der Waals surface area contributed by atoms with E-state index in [1.54, 1.807) is 42.5 Å². The largest absolute Gasteiger partial charge is 0.494 e. The van der Waals surface area contributed by atoms with Crippen LogP contribution in [0.3, 0.4) is 0 Å². The second-order valence-corrected chi connectivity index (χ2v) is 10.8. The van der Waals surface area contributed by atoms with Gasteiger partial charge in [0.05, 0.1) is 28.3 Å². The maximum absolute atomic E-state index is 13.3. The smallest absolute Gasteiger partial charge is 0.257 e. The summed E-state index contributed by atoms with van der Waals surface area (Å²) in [6.07, 6.45) is 1.13. The first-order valence-electron chi connectivity index (χ1n) is 12.0. The molecule has 0 radical (unpaired) electrons. The van der Waals surface area contributed by atoms with Gasteiger partial charge in [-0.15, -0.1) is 0 Å². The van der Waals surface area contributed by atoms with E-state index in [9.17, 15) is 18.0 Å². The van der Waals surface area contributed by atoms with E-state index in [0.717, 1.165) is 11.9 Å². The Morgan fingerprint density at radius 1 is 0.816 bits per heavy atom. The minimum absolute atomic E-state index is 0.174. The highest BCUT2D eigenvalue weighted by atomic mass is 32.2. The molecule has 0 aliphatic carbocycles. The minimum Gasteiger partial charge on any atom is -0.494 e. The number of anilines is 2. The van der Waals surface area contributed by atoms with Crippen LogP contribution in [0.15, 0.2) is 83.8 Å². The molecule has 0 saturated carbocycles. The predicted octanol–water partition coefficient (Wildman–Crippen LogP) is 5.40. The van der Waals surface area contributed by atoms with Crippen LogP contribution in [0.5, 0.6) is 5.75 Å². The predicted molar refractivity (Wildman–Crippen MR) is 148 cm³/mol. The number of hydrogen-bond donors (Lipinski definition) is 2. The standard InChI is InChI=1S/C29H29N3O5S/c1-5-37-23-10-8-9-22(18-23)31-28(33)25-11-6-7-12-27(25)32-19(2)17-26(20(32)3)29(34)30-21-13-15-24(16-14-21)38(4,35)36/h6-18H,5H2,1-4H3,(H,30,34)(H,31,33). The zero-order chi connectivity index (χ0) is 27.4. The Labute approximate surface area is 222 Å². The molecule has 0 bridgehead atoms. The van der Waals surface area contributed by atoms with Crippen LogP contribution >= 0.6 is 0 Å². The fourth-order valence-corrected chi connectivity index (χ4v) is 4.87. The van der Waals surface area contributed by atoms with E-state index in [4.69, 9.17) is 4.74 Å². The van der Waals surface area contributed by atoms with Crippen molar-refractivity contribution < 1.29 is 22.7 Å². The summed E-state index contributed by atoms with van der Waals surface area (Å²) >= 11 is 0. The van der Waals surface area contributed by atoms with Gasteiger partial charge in [0.2, 0.25) is 0 Å². The van der Waals surface area contributed by atoms with Crippen molar-refractivity contribution in [3.63, 3.8) is 0 Å². The lowest BCUT2D eigenvalue weighted by molar-refractivity contribution is 0.101. The van der Waals surface area contributed by atoms with Crippen LogP contribution in [0.4, 0.5) is 11.4 Å². The highest BCUT2D eigenvalue weighted by Crippen LogP contribution is 2.26. The Morgan fingerprint density at radius 3 is 2.16 bits per heavy atom. The van der Waals surface area contributed by atoms with Gasteiger partial charge in [0.1, 0.15) is 5.75 Å². The highest BCUT2D eigenvalue weighted by molar-refractivity contribution is 7.90. The number of carbonyl (C=O) groups excluding carboxylic acids is 2. The molecule has 2 amide bonds. The van der Waals surface area contributed by atoms with Crippen LogP contribution in [-0.4, -0.2) is 37.7 Å². The van der Waals surface area contributed by atoms with E-state index < -0.39 is 9.84 Å². The van der Waals surface area contributed by atoms with Gasteiger partial charge in [-0.25, -0.2) is 8.42 Å². The summed E-state index contributed by atoms with van der Waals surface area (Å²) in [5, 5.41) is 5.75. The number of aromatic nitrogens is 1. The summed E-state index contributed by atoms with van der Waals surface area (Å²) in [6.45, 7) is 6.10. The molecule has 3 aromatic carbocycles. The molecule has 196 valence electrons. The van der Waals surface area contributed by atoms with Gasteiger partial charge in [-0.3, -0.25) is 9.59 Å². The third-order valence-electron chi connectivity index (χ3n) is 6.01. The first-order chi connectivity index (χ1) is 18.1. The third kappa shape index (κ3) is 5.78. The van der Waals surface area contributed by atoms with E-state index in [1.165, 1.54) is 12.1 Å². The Hall–Kier alpha value is -4.37. The van der Waals surface area contributed by atoms with Crippen molar-refractivity contribution in [1.82, 2.24) is 4.57 Å². The molecule has 0 aliphatic rings. The molecule has 1 aromatic heterocycles. The molecule has 0 fully saturated rings. The zero-order valence-electron chi connectivity index (χ0n) is 21.6. The van der Waals surface area contributed by atoms with Crippen molar-refractivity contribution in [2.24, 2.45) is 0 Å². The lowest BCUT2D eigenvalue weighted by atomic mass is 10.1. The Kier molecular flexibility index (Phi) is 7.68. The van der Waals surface area contributed by atoms with Crippen molar-refractivity contribution in [2.45, 2.75) is 25.7 Å². The van der Waals surface area contributed by atoms with Crippen molar-refractivity contribution in [3.05, 3.63) is 101 Å². The first-order valence-corrected chi connectivity index (χ1v) is 13.9. The number of nitrogens with zero attached hydrogens (tertiary/aromatic N) is 1. The summed E-state index contributed by atoms with van der Waals surface area (Å²) < 4.78 is 30.8. The number of sulfone groups is 1. The topological polar surface area (TPSA) is 106 Å². The zero-order valence-corrected chi connectivity index (χ0v) is 22.4. The van der Waals surface area contributed by atoms with Crippen LogP contribution in [0.25, 0.3) is 5.69 Å². The maximum atomic E-state index is 13.3. The molecular formula is C29H29N3O5S. The van der Waals surface area contributed by atoms with Crippen molar-refractivity contribution >= 4 is 33.0 Å². The Bertz CT molecular complexity index is 1610. The molecule has 1 heterocycles. The average Bonchev–Trinajstić information content (AvgIpc) is 3.18. The van der Waals surface area contributed by atoms with Crippen LogP contribution in [0.1, 0.15) is 39.0 Å². The molecule has 0 unspecified atom stereocenters. The lowest BCUT2D eigenvalue weighted by Gasteiger charge is -2.15. The number of ether oxygens (including phenoxy) is 1. The van der Waals surface area contributed by atoms with Crippen LogP contribution in [-0.2, 0) is 9.84 Å². The molecule has 9 heteroatoms. The molecule has 8 nitrogen and oxygen atoms in total. The van der Waals surface area contributed by atoms with Gasteiger partial charge in [0.15, 0.2) is 9.84 Å². The average molecular weight is 532 g/mol. The number of aryl methyl sites for hydroxylation is 1. The van der Waals surface area contributed by atoms with Crippen LogP contribution < -0.4 is 15.4 Å². The number of para-hydroxylation sites is 1. The van der Waals surface area contributed by atoms with E-state index in [0.29, 0.717) is 46.2 Å². The molecule has 0 saturated heterocycles. The fraction of sp³-hybridized carbons (Fsp3) is 0.172. The summed E-state index contributed by atoms with van der Waals surface area (Å²) in [7, 11) is -3.33. The molecule has 38 heavy (non-hydrogen) atoms. The quantitative estimate of drug-likeness (QED) is 0.317. The maximum Gasteiger partial charge on any atom is 0.257 e. The van der Waals surface area contributed by atoms with E-state index in [2.05, 4.69) is 10.6 Å². The summed E-state index contributed by atoms with van der Waals surface area (Å²) in [5.41, 5.74) is 4.04. The second kappa shape index (κ2) is 10.9. The number of hydrogen-bond acceptors (Lipinski definition) is 5. The Morgan fingerprint density at radius 2 is 1.47 bits per heavy atom. The van der Waals surface area contributed by atoms with Crippen LogP contribution in [0.2, 0.25) is 0 Å². The molecule has 4 aromatic rings. The molecule has 0 aliphatic heterocycles. The van der Waals surface area contributed by atoms with Crippen molar-refractivity contribution in [1.29, 1.82) is 0 Å². The van der Waals surface area contributed by atoms with Gasteiger partial charge in [0, 0.05) is 35.1 Å². The van der Waals surface area contributed by atoms with Gasteiger partial charge in [0.25, 0.3) is 11.8 Å². The normalized spacial score (nSPS) is 11.2. The summed E-state index contributed by atoms with van der Waals surface area (Å²) in [5.74, 6) is 0.0298. The number of benzene rings is 3. The molecule has 0 spiro atoms. The van der Waals surface area contributed by atoms with Gasteiger partial charge >= 0.3 is 0 Å². The lowest BCUT2D eigenvalue weighted by Crippen LogP contribution is -2.17. The van der Waals surface area contributed by atoms with Crippen LogP contribution in [0, 0.1) is 13.8 Å². The summed E-state index contributed by atoms with van der Waals surface area (Å²) in [4.78, 5) is 26.6. The number of rotatable bonds is 8. The molecule has 0 atom stereocenters. The minimum atomic E-state index is -3.33. The van der Waals surface area contributed by atoms with Gasteiger partial charge in [-0.2, -0.15) is 0 Å². The van der Waals surface area contributed by atoms with Gasteiger partial charge in [-0.05, 0) is 75.4 Å². The number of nitrogens with one attached hydrogen (secondary N) is 2. The number of amides is 2. The number of carbonyl (C=O) groups is 2. The van der Waals surface area contributed by atoms with E-state index >= 15 is 0 Å². The fourth-order valence-electron chi connectivity index (χ4n) is 4.24. The Balaban J connectivity index is 1.61. The second-order valence-electron chi connectivity index (χ2n) is 8.80. The SMILES string of the molecule is CCOc1cccc(NC(=O)c2ccccc2-n2c(C)cc(C(=O)Nc3ccc(S(C)(=O)=O)cc3)c2C)c1. The third-order valence-corrected chi connectivity index (χ3v) is 7.14.